The van der Waals surface area contributed by atoms with E-state index in [0.29, 0.717) is 12.4 Å². The minimum absolute atomic E-state index is 0.00758. The van der Waals surface area contributed by atoms with Gasteiger partial charge in [0, 0.05) is 16.3 Å². The molecule has 0 aliphatic carbocycles. The van der Waals surface area contributed by atoms with E-state index in [1.807, 2.05) is 43.3 Å². The number of halogens is 1. The van der Waals surface area contributed by atoms with Crippen LogP contribution in [-0.2, 0) is 10.5 Å². The molecular weight excluding hydrogens is 326 g/mol. The Balaban J connectivity index is 1.73. The van der Waals surface area contributed by atoms with Crippen LogP contribution in [0.3, 0.4) is 0 Å². The topological polar surface area (TPSA) is 38.3 Å². The molecule has 1 aromatic carbocycles. The van der Waals surface area contributed by atoms with Crippen LogP contribution in [0.5, 0.6) is 5.75 Å². The van der Waals surface area contributed by atoms with Crippen LogP contribution in [0.2, 0.25) is 4.34 Å². The van der Waals surface area contributed by atoms with E-state index in [4.69, 9.17) is 16.3 Å². The molecule has 1 aromatic heterocycles. The van der Waals surface area contributed by atoms with Crippen LogP contribution in [0.1, 0.15) is 11.8 Å². The van der Waals surface area contributed by atoms with Gasteiger partial charge >= 0.3 is 0 Å². The summed E-state index contributed by atoms with van der Waals surface area (Å²) in [6.07, 6.45) is 0. The highest BCUT2D eigenvalue weighted by atomic mass is 35.5. The third-order valence-electron chi connectivity index (χ3n) is 2.56. The second-order valence-electron chi connectivity index (χ2n) is 4.20. The van der Waals surface area contributed by atoms with E-state index < -0.39 is 0 Å². The van der Waals surface area contributed by atoms with Gasteiger partial charge in [0.1, 0.15) is 5.75 Å². The van der Waals surface area contributed by atoms with Crippen molar-refractivity contribution in [3.8, 4) is 5.75 Å². The second-order valence-corrected chi connectivity index (χ2v) is 6.99. The lowest BCUT2D eigenvalue weighted by molar-refractivity contribution is -0.113. The van der Waals surface area contributed by atoms with Crippen LogP contribution in [-0.4, -0.2) is 18.3 Å². The molecule has 0 aliphatic rings. The van der Waals surface area contributed by atoms with Crippen molar-refractivity contribution in [3.05, 3.63) is 45.6 Å². The first kappa shape index (κ1) is 16.2. The van der Waals surface area contributed by atoms with Crippen LogP contribution in [0, 0.1) is 0 Å². The fourth-order valence-electron chi connectivity index (χ4n) is 1.67. The maximum Gasteiger partial charge on any atom is 0.234 e. The van der Waals surface area contributed by atoms with Crippen molar-refractivity contribution >= 4 is 46.3 Å². The summed E-state index contributed by atoms with van der Waals surface area (Å²) in [6.45, 7) is 2.57. The molecule has 0 radical (unpaired) electrons. The number of benzene rings is 1. The first-order valence-corrected chi connectivity index (χ1v) is 8.87. The summed E-state index contributed by atoms with van der Waals surface area (Å²) in [5.74, 6) is 2.02. The highest BCUT2D eigenvalue weighted by molar-refractivity contribution is 7.99. The summed E-state index contributed by atoms with van der Waals surface area (Å²) < 4.78 is 6.14. The molecular formula is C15H16ClNO2S2. The van der Waals surface area contributed by atoms with Gasteiger partial charge in [0.15, 0.2) is 0 Å². The van der Waals surface area contributed by atoms with Crippen molar-refractivity contribution in [1.82, 2.24) is 0 Å². The predicted molar refractivity (Wildman–Crippen MR) is 91.7 cm³/mol. The number of hydrogen-bond acceptors (Lipinski definition) is 4. The maximum atomic E-state index is 11.8. The molecule has 0 fully saturated rings. The molecule has 3 nitrogen and oxygen atoms in total. The summed E-state index contributed by atoms with van der Waals surface area (Å²) >= 11 is 8.99. The van der Waals surface area contributed by atoms with E-state index in [0.717, 1.165) is 21.5 Å². The molecule has 21 heavy (non-hydrogen) atoms. The average molecular weight is 342 g/mol. The van der Waals surface area contributed by atoms with Crippen molar-refractivity contribution in [2.45, 2.75) is 12.7 Å². The Labute approximate surface area is 137 Å². The predicted octanol–water partition coefficient (Wildman–Crippen LogP) is 4.67. The van der Waals surface area contributed by atoms with Crippen LogP contribution >= 0.6 is 34.7 Å². The number of carbonyl (C=O) groups excluding carboxylic acids is 1. The third kappa shape index (κ3) is 5.61. The van der Waals surface area contributed by atoms with E-state index in [1.54, 1.807) is 23.1 Å². The summed E-state index contributed by atoms with van der Waals surface area (Å²) in [5, 5.41) is 2.86. The fourth-order valence-corrected chi connectivity index (χ4v) is 3.70. The van der Waals surface area contributed by atoms with Crippen LogP contribution in [0.15, 0.2) is 36.4 Å². The summed E-state index contributed by atoms with van der Waals surface area (Å²) in [4.78, 5) is 13.0. The highest BCUT2D eigenvalue weighted by Crippen LogP contribution is 2.25. The molecule has 6 heteroatoms. The van der Waals surface area contributed by atoms with Crippen molar-refractivity contribution < 1.29 is 9.53 Å². The number of anilines is 1. The lowest BCUT2D eigenvalue weighted by atomic mass is 10.3. The van der Waals surface area contributed by atoms with Crippen molar-refractivity contribution in [2.24, 2.45) is 0 Å². The standard InChI is InChI=1S/C15H16ClNO2S2/c1-2-19-12-5-3-11(4-6-12)17-15(18)10-20-9-13-7-8-14(16)21-13/h3-8H,2,9-10H2,1H3,(H,17,18). The molecule has 0 atom stereocenters. The molecule has 1 heterocycles. The zero-order valence-corrected chi connectivity index (χ0v) is 14.0. The van der Waals surface area contributed by atoms with Crippen LogP contribution < -0.4 is 10.1 Å². The number of thioether (sulfide) groups is 1. The molecule has 1 N–H and O–H groups in total. The maximum absolute atomic E-state index is 11.8. The van der Waals surface area contributed by atoms with E-state index in [1.165, 1.54) is 4.88 Å². The van der Waals surface area contributed by atoms with E-state index in [9.17, 15) is 4.79 Å². The fraction of sp³-hybridized carbons (Fsp3) is 0.267. The zero-order valence-electron chi connectivity index (χ0n) is 11.6. The molecule has 0 aliphatic heterocycles. The van der Waals surface area contributed by atoms with Crippen molar-refractivity contribution in [2.75, 3.05) is 17.7 Å². The monoisotopic (exact) mass is 341 g/mol. The summed E-state index contributed by atoms with van der Waals surface area (Å²) in [6, 6.07) is 11.2. The molecule has 0 saturated heterocycles. The van der Waals surface area contributed by atoms with Gasteiger partial charge in [-0.3, -0.25) is 4.79 Å². The highest BCUT2D eigenvalue weighted by Gasteiger charge is 2.04. The smallest absolute Gasteiger partial charge is 0.234 e. The summed E-state index contributed by atoms with van der Waals surface area (Å²) in [7, 11) is 0. The first-order chi connectivity index (χ1) is 10.2. The Hall–Kier alpha value is -1.17. The molecule has 1 amide bonds. The van der Waals surface area contributed by atoms with Gasteiger partial charge in [-0.1, -0.05) is 11.6 Å². The SMILES string of the molecule is CCOc1ccc(NC(=O)CSCc2ccc(Cl)s2)cc1. The lowest BCUT2D eigenvalue weighted by Gasteiger charge is -2.06. The molecule has 0 spiro atoms. The Morgan fingerprint density at radius 3 is 2.67 bits per heavy atom. The largest absolute Gasteiger partial charge is 0.494 e. The lowest BCUT2D eigenvalue weighted by Crippen LogP contribution is -2.14. The van der Waals surface area contributed by atoms with Gasteiger partial charge in [-0.25, -0.2) is 0 Å². The Morgan fingerprint density at radius 2 is 2.05 bits per heavy atom. The number of carbonyl (C=O) groups is 1. The Bertz CT molecular complexity index is 584. The zero-order chi connectivity index (χ0) is 15.1. The first-order valence-electron chi connectivity index (χ1n) is 6.52. The quantitative estimate of drug-likeness (QED) is 0.795. The minimum Gasteiger partial charge on any atom is -0.494 e. The Kier molecular flexibility index (Phi) is 6.42. The normalized spacial score (nSPS) is 10.4. The molecule has 2 aromatic rings. The number of amides is 1. The second kappa shape index (κ2) is 8.32. The average Bonchev–Trinajstić information content (AvgIpc) is 2.87. The third-order valence-corrected chi connectivity index (χ3v) is 4.95. The van der Waals surface area contributed by atoms with Gasteiger partial charge in [-0.15, -0.1) is 23.1 Å². The molecule has 0 saturated carbocycles. The van der Waals surface area contributed by atoms with E-state index in [-0.39, 0.29) is 5.91 Å². The molecule has 2 rings (SSSR count). The number of hydrogen-bond donors (Lipinski definition) is 1. The van der Waals surface area contributed by atoms with Gasteiger partial charge in [0.05, 0.1) is 16.7 Å². The molecule has 112 valence electrons. The van der Waals surface area contributed by atoms with Gasteiger partial charge in [0.2, 0.25) is 5.91 Å². The van der Waals surface area contributed by atoms with Gasteiger partial charge in [0.25, 0.3) is 0 Å². The molecule has 0 bridgehead atoms. The van der Waals surface area contributed by atoms with Crippen LogP contribution in [0.4, 0.5) is 5.69 Å². The van der Waals surface area contributed by atoms with Crippen molar-refractivity contribution in [3.63, 3.8) is 0 Å². The summed E-state index contributed by atoms with van der Waals surface area (Å²) in [5.41, 5.74) is 0.781. The minimum atomic E-state index is -0.00758. The van der Waals surface area contributed by atoms with Gasteiger partial charge in [-0.05, 0) is 43.3 Å². The number of thiophene rings is 1. The van der Waals surface area contributed by atoms with Crippen LogP contribution in [0.25, 0.3) is 0 Å². The Morgan fingerprint density at radius 1 is 1.29 bits per heavy atom. The number of ether oxygens (including phenoxy) is 1. The number of rotatable bonds is 7. The number of nitrogens with one attached hydrogen (secondary N) is 1. The molecule has 0 unspecified atom stereocenters. The van der Waals surface area contributed by atoms with Gasteiger partial charge in [-0.2, -0.15) is 0 Å². The van der Waals surface area contributed by atoms with E-state index >= 15 is 0 Å². The van der Waals surface area contributed by atoms with E-state index in [2.05, 4.69) is 5.32 Å². The van der Waals surface area contributed by atoms with Gasteiger partial charge < -0.3 is 10.1 Å². The van der Waals surface area contributed by atoms with Crippen molar-refractivity contribution in [1.29, 1.82) is 0 Å².